The highest BCUT2D eigenvalue weighted by Gasteiger charge is 2.17. The number of nitrogens with one attached hydrogen (secondary N) is 1. The average Bonchev–Trinajstić information content (AvgIpc) is 2.87. The summed E-state index contributed by atoms with van der Waals surface area (Å²) in [6, 6.07) is 5.39. The molecule has 0 spiro atoms. The molecule has 0 aliphatic carbocycles. The van der Waals surface area contributed by atoms with E-state index in [-0.39, 0.29) is 5.91 Å². The Balaban J connectivity index is 2.22. The van der Waals surface area contributed by atoms with E-state index < -0.39 is 0 Å². The van der Waals surface area contributed by atoms with Crippen molar-refractivity contribution in [1.29, 1.82) is 0 Å². The minimum Gasteiger partial charge on any atom is -0.476 e. The smallest absolute Gasteiger partial charge is 0.262 e. The molecule has 1 amide bonds. The van der Waals surface area contributed by atoms with E-state index in [2.05, 4.69) is 10.4 Å². The summed E-state index contributed by atoms with van der Waals surface area (Å²) >= 11 is 6.06. The van der Waals surface area contributed by atoms with Crippen molar-refractivity contribution in [2.45, 2.75) is 27.3 Å². The molecule has 0 atom stereocenters. The second-order valence-corrected chi connectivity index (χ2v) is 4.96. The summed E-state index contributed by atoms with van der Waals surface area (Å²) in [5, 5.41) is 7.64. The van der Waals surface area contributed by atoms with Crippen molar-refractivity contribution in [1.82, 2.24) is 9.78 Å². The fourth-order valence-corrected chi connectivity index (χ4v) is 2.01. The van der Waals surface area contributed by atoms with E-state index >= 15 is 0 Å². The maximum Gasteiger partial charge on any atom is 0.262 e. The first-order valence-corrected chi connectivity index (χ1v) is 7.20. The van der Waals surface area contributed by atoms with Crippen molar-refractivity contribution in [3.63, 3.8) is 0 Å². The molecule has 6 heteroatoms. The van der Waals surface area contributed by atoms with Crippen molar-refractivity contribution in [2.24, 2.45) is 0 Å². The van der Waals surface area contributed by atoms with Gasteiger partial charge in [0, 0.05) is 23.5 Å². The molecule has 0 aliphatic rings. The number of carbonyl (C=O) groups excluding carboxylic acids is 1. The maximum absolute atomic E-state index is 12.3. The van der Waals surface area contributed by atoms with Crippen LogP contribution >= 0.6 is 11.6 Å². The minimum absolute atomic E-state index is 0.266. The molecule has 21 heavy (non-hydrogen) atoms. The summed E-state index contributed by atoms with van der Waals surface area (Å²) in [6.45, 7) is 6.84. The molecule has 0 radical (unpaired) electrons. The summed E-state index contributed by atoms with van der Waals surface area (Å²) < 4.78 is 7.07. The van der Waals surface area contributed by atoms with E-state index in [1.165, 1.54) is 0 Å². The van der Waals surface area contributed by atoms with Gasteiger partial charge in [-0.3, -0.25) is 9.48 Å². The standard InChI is InChI=1S/C15H18ClN3O2/c1-4-19-9-12(15(18-19)21-5-2)14(20)17-11-7-6-10(3)13(16)8-11/h6-9H,4-5H2,1-3H3,(H,17,20). The van der Waals surface area contributed by atoms with Crippen molar-refractivity contribution in [3.05, 3.63) is 40.5 Å². The molecule has 0 bridgehead atoms. The SMILES string of the molecule is CCOc1nn(CC)cc1C(=O)Nc1ccc(C)c(Cl)c1. The van der Waals surface area contributed by atoms with E-state index in [4.69, 9.17) is 16.3 Å². The van der Waals surface area contributed by atoms with Gasteiger partial charge in [0.1, 0.15) is 5.56 Å². The zero-order valence-electron chi connectivity index (χ0n) is 12.3. The first kappa shape index (κ1) is 15.4. The number of halogens is 1. The van der Waals surface area contributed by atoms with Crippen LogP contribution in [-0.4, -0.2) is 22.3 Å². The molecule has 112 valence electrons. The highest BCUT2D eigenvalue weighted by molar-refractivity contribution is 6.31. The van der Waals surface area contributed by atoms with Gasteiger partial charge in [0.05, 0.1) is 6.61 Å². The van der Waals surface area contributed by atoms with Crippen LogP contribution in [0.1, 0.15) is 29.8 Å². The van der Waals surface area contributed by atoms with Gasteiger partial charge in [0.15, 0.2) is 0 Å². The third-order valence-electron chi connectivity index (χ3n) is 3.01. The number of benzene rings is 1. The van der Waals surface area contributed by atoms with Crippen LogP contribution < -0.4 is 10.1 Å². The Kier molecular flexibility index (Phi) is 4.85. The van der Waals surface area contributed by atoms with E-state index in [0.717, 1.165) is 5.56 Å². The molecule has 2 rings (SSSR count). The number of aryl methyl sites for hydroxylation is 2. The van der Waals surface area contributed by atoms with Gasteiger partial charge in [0.25, 0.3) is 5.91 Å². The van der Waals surface area contributed by atoms with Crippen molar-refractivity contribution in [3.8, 4) is 5.88 Å². The first-order valence-electron chi connectivity index (χ1n) is 6.82. The van der Waals surface area contributed by atoms with Crippen molar-refractivity contribution in [2.75, 3.05) is 11.9 Å². The average molecular weight is 308 g/mol. The van der Waals surface area contributed by atoms with E-state index in [0.29, 0.717) is 35.3 Å². The van der Waals surface area contributed by atoms with Crippen LogP contribution in [0.4, 0.5) is 5.69 Å². The quantitative estimate of drug-likeness (QED) is 0.919. The van der Waals surface area contributed by atoms with Gasteiger partial charge in [-0.15, -0.1) is 5.10 Å². The predicted molar refractivity (Wildman–Crippen MR) is 83.2 cm³/mol. The number of carbonyl (C=O) groups is 1. The first-order chi connectivity index (χ1) is 10.0. The summed E-state index contributed by atoms with van der Waals surface area (Å²) in [5.41, 5.74) is 2.01. The zero-order chi connectivity index (χ0) is 15.4. The Labute approximate surface area is 128 Å². The molecule has 2 aromatic rings. The number of anilines is 1. The van der Waals surface area contributed by atoms with Gasteiger partial charge in [-0.25, -0.2) is 0 Å². The predicted octanol–water partition coefficient (Wildman–Crippen LogP) is 3.52. The molecule has 0 fully saturated rings. The zero-order valence-corrected chi connectivity index (χ0v) is 13.1. The third-order valence-corrected chi connectivity index (χ3v) is 3.41. The summed E-state index contributed by atoms with van der Waals surface area (Å²) in [6.07, 6.45) is 1.68. The molecule has 1 aromatic heterocycles. The van der Waals surface area contributed by atoms with Gasteiger partial charge in [-0.1, -0.05) is 17.7 Å². The van der Waals surface area contributed by atoms with Crippen molar-refractivity contribution >= 4 is 23.2 Å². The number of aromatic nitrogens is 2. The van der Waals surface area contributed by atoms with Crippen LogP contribution in [0.25, 0.3) is 0 Å². The molecular formula is C15H18ClN3O2. The van der Waals surface area contributed by atoms with Crippen LogP contribution in [0.3, 0.4) is 0 Å². The monoisotopic (exact) mass is 307 g/mol. The Morgan fingerprint density at radius 3 is 2.81 bits per heavy atom. The van der Waals surface area contributed by atoms with Crippen LogP contribution in [-0.2, 0) is 6.54 Å². The molecule has 5 nitrogen and oxygen atoms in total. The lowest BCUT2D eigenvalue weighted by atomic mass is 10.2. The highest BCUT2D eigenvalue weighted by atomic mass is 35.5. The molecule has 1 N–H and O–H groups in total. The van der Waals surface area contributed by atoms with Crippen molar-refractivity contribution < 1.29 is 9.53 Å². The molecule has 0 saturated carbocycles. The van der Waals surface area contributed by atoms with Crippen LogP contribution in [0.5, 0.6) is 5.88 Å². The summed E-state index contributed by atoms with van der Waals surface area (Å²) in [4.78, 5) is 12.3. The van der Waals surface area contributed by atoms with E-state index in [1.807, 2.05) is 32.9 Å². The lowest BCUT2D eigenvalue weighted by molar-refractivity contribution is 0.102. The molecule has 0 aliphatic heterocycles. The van der Waals surface area contributed by atoms with Crippen LogP contribution in [0.2, 0.25) is 5.02 Å². The molecule has 0 saturated heterocycles. The number of hydrogen-bond acceptors (Lipinski definition) is 3. The van der Waals surface area contributed by atoms with Gasteiger partial charge in [-0.2, -0.15) is 0 Å². The fourth-order valence-electron chi connectivity index (χ4n) is 1.83. The van der Waals surface area contributed by atoms with Crippen LogP contribution in [0, 0.1) is 6.92 Å². The maximum atomic E-state index is 12.3. The van der Waals surface area contributed by atoms with Gasteiger partial charge in [0.2, 0.25) is 5.88 Å². The van der Waals surface area contributed by atoms with Gasteiger partial charge in [-0.05, 0) is 38.5 Å². The van der Waals surface area contributed by atoms with E-state index in [9.17, 15) is 4.79 Å². The lowest BCUT2D eigenvalue weighted by Crippen LogP contribution is -2.12. The largest absolute Gasteiger partial charge is 0.476 e. The van der Waals surface area contributed by atoms with Gasteiger partial charge < -0.3 is 10.1 Å². The third kappa shape index (κ3) is 3.55. The number of amides is 1. The number of ether oxygens (including phenoxy) is 1. The molecule has 0 unspecified atom stereocenters. The molecule has 1 aromatic carbocycles. The number of nitrogens with zero attached hydrogens (tertiary/aromatic N) is 2. The topological polar surface area (TPSA) is 56.2 Å². The Hall–Kier alpha value is -2.01. The Morgan fingerprint density at radius 1 is 1.43 bits per heavy atom. The van der Waals surface area contributed by atoms with Crippen LogP contribution in [0.15, 0.2) is 24.4 Å². The number of rotatable bonds is 5. The normalized spacial score (nSPS) is 10.5. The molecule has 1 heterocycles. The summed E-state index contributed by atoms with van der Waals surface area (Å²) in [7, 11) is 0. The van der Waals surface area contributed by atoms with E-state index in [1.54, 1.807) is 16.9 Å². The highest BCUT2D eigenvalue weighted by Crippen LogP contribution is 2.22. The molecular weight excluding hydrogens is 290 g/mol. The second-order valence-electron chi connectivity index (χ2n) is 4.55. The fraction of sp³-hybridized carbons (Fsp3) is 0.333. The van der Waals surface area contributed by atoms with Gasteiger partial charge >= 0.3 is 0 Å². The minimum atomic E-state index is -0.266. The summed E-state index contributed by atoms with van der Waals surface area (Å²) in [5.74, 6) is 0.0770. The lowest BCUT2D eigenvalue weighted by Gasteiger charge is -2.07. The Morgan fingerprint density at radius 2 is 2.19 bits per heavy atom. The second kappa shape index (κ2) is 6.63. The Bertz CT molecular complexity index is 652. The number of hydrogen-bond donors (Lipinski definition) is 1.